The molecule has 0 atom stereocenters. The standard InChI is InChI=1S/C17H24N4O3S2/c1-12-19-20-15(25-12)10-21(5)16(22)18-14-8-6-13(7-9-14)11-26(23,24)17(2,3)4/h6-9H,10-11H2,1-5H3,(H,18,22). The molecule has 2 aromatic rings. The van der Waals surface area contributed by atoms with Crippen molar-refractivity contribution >= 4 is 32.9 Å². The van der Waals surface area contributed by atoms with Crippen molar-refractivity contribution in [1.29, 1.82) is 0 Å². The maximum atomic E-state index is 12.3. The molecule has 0 aliphatic heterocycles. The first-order valence-electron chi connectivity index (χ1n) is 8.10. The number of aryl methyl sites for hydroxylation is 1. The number of nitrogens with zero attached hydrogens (tertiary/aromatic N) is 3. The number of hydrogen-bond donors (Lipinski definition) is 1. The van der Waals surface area contributed by atoms with Gasteiger partial charge in [0.15, 0.2) is 9.84 Å². The van der Waals surface area contributed by atoms with Crippen molar-refractivity contribution in [3.05, 3.63) is 39.8 Å². The molecule has 1 N–H and O–H groups in total. The molecule has 26 heavy (non-hydrogen) atoms. The monoisotopic (exact) mass is 396 g/mol. The Hall–Kier alpha value is -2.00. The van der Waals surface area contributed by atoms with Gasteiger partial charge in [0.2, 0.25) is 0 Å². The Bertz CT molecular complexity index is 868. The van der Waals surface area contributed by atoms with Crippen molar-refractivity contribution in [3.8, 4) is 0 Å². The number of carbonyl (C=O) groups is 1. The van der Waals surface area contributed by atoms with Gasteiger partial charge in [0.1, 0.15) is 10.0 Å². The summed E-state index contributed by atoms with van der Waals surface area (Å²) >= 11 is 1.45. The highest BCUT2D eigenvalue weighted by Gasteiger charge is 2.28. The Kier molecular flexibility index (Phi) is 6.02. The van der Waals surface area contributed by atoms with E-state index >= 15 is 0 Å². The molecule has 2 amide bonds. The second-order valence-electron chi connectivity index (χ2n) is 7.07. The molecule has 0 aliphatic rings. The van der Waals surface area contributed by atoms with E-state index in [2.05, 4.69) is 15.5 Å². The number of rotatable bonds is 5. The average molecular weight is 397 g/mol. The molecule has 0 unspecified atom stereocenters. The molecule has 0 aliphatic carbocycles. The van der Waals surface area contributed by atoms with E-state index in [1.165, 1.54) is 16.2 Å². The van der Waals surface area contributed by atoms with E-state index < -0.39 is 14.6 Å². The van der Waals surface area contributed by atoms with Crippen LogP contribution in [-0.4, -0.2) is 41.3 Å². The maximum Gasteiger partial charge on any atom is 0.321 e. The number of aromatic nitrogens is 2. The Labute approximate surface area is 158 Å². The average Bonchev–Trinajstić information content (AvgIpc) is 2.92. The molecule has 1 aromatic heterocycles. The quantitative estimate of drug-likeness (QED) is 0.838. The SMILES string of the molecule is Cc1nnc(CN(C)C(=O)Nc2ccc(CS(=O)(=O)C(C)(C)C)cc2)s1. The Balaban J connectivity index is 1.97. The van der Waals surface area contributed by atoms with Crippen molar-refractivity contribution in [2.45, 2.75) is 44.7 Å². The van der Waals surface area contributed by atoms with Crippen LogP contribution in [0.25, 0.3) is 0 Å². The topological polar surface area (TPSA) is 92.3 Å². The first-order valence-corrected chi connectivity index (χ1v) is 10.6. The molecule has 1 heterocycles. The minimum atomic E-state index is -3.24. The van der Waals surface area contributed by atoms with Gasteiger partial charge in [0.25, 0.3) is 0 Å². The lowest BCUT2D eigenvalue weighted by Gasteiger charge is -2.19. The largest absolute Gasteiger partial charge is 0.321 e. The van der Waals surface area contributed by atoms with E-state index in [4.69, 9.17) is 0 Å². The van der Waals surface area contributed by atoms with Gasteiger partial charge >= 0.3 is 6.03 Å². The van der Waals surface area contributed by atoms with Gasteiger partial charge in [0.05, 0.1) is 17.0 Å². The highest BCUT2D eigenvalue weighted by atomic mass is 32.2. The third-order valence-electron chi connectivity index (χ3n) is 3.78. The van der Waals surface area contributed by atoms with Crippen molar-refractivity contribution in [3.63, 3.8) is 0 Å². The summed E-state index contributed by atoms with van der Waals surface area (Å²) in [5.41, 5.74) is 1.29. The van der Waals surface area contributed by atoms with Crippen LogP contribution in [0.2, 0.25) is 0 Å². The van der Waals surface area contributed by atoms with Gasteiger partial charge in [-0.15, -0.1) is 10.2 Å². The second kappa shape index (κ2) is 7.71. The summed E-state index contributed by atoms with van der Waals surface area (Å²) in [6.07, 6.45) is 0. The molecule has 2 rings (SSSR count). The predicted molar refractivity (Wildman–Crippen MR) is 104 cm³/mol. The van der Waals surface area contributed by atoms with E-state index in [1.54, 1.807) is 52.1 Å². The van der Waals surface area contributed by atoms with Crippen LogP contribution in [0.15, 0.2) is 24.3 Å². The number of carbonyl (C=O) groups excluding carboxylic acids is 1. The third kappa shape index (κ3) is 5.25. The van der Waals surface area contributed by atoms with E-state index in [0.717, 1.165) is 10.0 Å². The molecule has 9 heteroatoms. The fourth-order valence-electron chi connectivity index (χ4n) is 2.02. The van der Waals surface area contributed by atoms with Crippen molar-refractivity contribution < 1.29 is 13.2 Å². The Morgan fingerprint density at radius 1 is 1.19 bits per heavy atom. The van der Waals surface area contributed by atoms with Gasteiger partial charge in [0, 0.05) is 12.7 Å². The molecule has 7 nitrogen and oxygen atoms in total. The van der Waals surface area contributed by atoms with Gasteiger partial charge < -0.3 is 10.2 Å². The smallest absolute Gasteiger partial charge is 0.321 e. The van der Waals surface area contributed by atoms with Crippen LogP contribution in [0.3, 0.4) is 0 Å². The van der Waals surface area contributed by atoms with Crippen LogP contribution in [0.1, 0.15) is 36.3 Å². The fraction of sp³-hybridized carbons (Fsp3) is 0.471. The van der Waals surface area contributed by atoms with Gasteiger partial charge in [-0.25, -0.2) is 13.2 Å². The molecule has 0 saturated heterocycles. The summed E-state index contributed by atoms with van der Waals surface area (Å²) in [6, 6.07) is 6.57. The lowest BCUT2D eigenvalue weighted by atomic mass is 10.2. The zero-order chi connectivity index (χ0) is 19.5. The molecular formula is C17H24N4O3S2. The minimum Gasteiger partial charge on any atom is -0.321 e. The number of hydrogen-bond acceptors (Lipinski definition) is 6. The van der Waals surface area contributed by atoms with E-state index in [9.17, 15) is 13.2 Å². The van der Waals surface area contributed by atoms with Crippen LogP contribution in [0.4, 0.5) is 10.5 Å². The number of nitrogens with one attached hydrogen (secondary N) is 1. The minimum absolute atomic E-state index is 0.0268. The first kappa shape index (κ1) is 20.3. The summed E-state index contributed by atoms with van der Waals surface area (Å²) in [7, 11) is -1.56. The number of amides is 2. The van der Waals surface area contributed by atoms with Crippen LogP contribution in [-0.2, 0) is 22.1 Å². The molecule has 0 radical (unpaired) electrons. The van der Waals surface area contributed by atoms with Crippen molar-refractivity contribution in [2.24, 2.45) is 0 Å². The van der Waals surface area contributed by atoms with Crippen LogP contribution < -0.4 is 5.32 Å². The Morgan fingerprint density at radius 2 is 1.81 bits per heavy atom. The maximum absolute atomic E-state index is 12.3. The molecule has 0 fully saturated rings. The molecule has 0 bridgehead atoms. The van der Waals surface area contributed by atoms with Gasteiger partial charge in [-0.2, -0.15) is 0 Å². The molecule has 0 spiro atoms. The lowest BCUT2D eigenvalue weighted by molar-refractivity contribution is 0.220. The molecule has 1 aromatic carbocycles. The number of urea groups is 1. The summed E-state index contributed by atoms with van der Waals surface area (Å²) in [5, 5.41) is 12.3. The van der Waals surface area contributed by atoms with Gasteiger partial charge in [-0.1, -0.05) is 23.5 Å². The van der Waals surface area contributed by atoms with Gasteiger partial charge in [-0.3, -0.25) is 0 Å². The summed E-state index contributed by atoms with van der Waals surface area (Å²) in [5.74, 6) is -0.0268. The molecular weight excluding hydrogens is 372 g/mol. The molecule has 142 valence electrons. The normalized spacial score (nSPS) is 12.0. The zero-order valence-corrected chi connectivity index (χ0v) is 17.2. The Morgan fingerprint density at radius 3 is 2.31 bits per heavy atom. The van der Waals surface area contributed by atoms with Crippen LogP contribution >= 0.6 is 11.3 Å². The van der Waals surface area contributed by atoms with Gasteiger partial charge in [-0.05, 0) is 45.4 Å². The summed E-state index contributed by atoms with van der Waals surface area (Å²) < 4.78 is 23.7. The first-order chi connectivity index (χ1) is 12.0. The second-order valence-corrected chi connectivity index (χ2v) is 11.1. The lowest BCUT2D eigenvalue weighted by Crippen LogP contribution is -2.30. The van der Waals surface area contributed by atoms with E-state index in [1.807, 2.05) is 6.92 Å². The van der Waals surface area contributed by atoms with Crippen LogP contribution in [0.5, 0.6) is 0 Å². The molecule has 0 saturated carbocycles. The zero-order valence-electron chi connectivity index (χ0n) is 15.6. The number of anilines is 1. The summed E-state index contributed by atoms with van der Waals surface area (Å²) in [6.45, 7) is 7.30. The highest BCUT2D eigenvalue weighted by molar-refractivity contribution is 7.91. The van der Waals surface area contributed by atoms with Crippen LogP contribution in [0, 0.1) is 6.92 Å². The number of benzene rings is 1. The van der Waals surface area contributed by atoms with E-state index in [-0.39, 0.29) is 11.8 Å². The predicted octanol–water partition coefficient (Wildman–Crippen LogP) is 3.22. The highest BCUT2D eigenvalue weighted by Crippen LogP contribution is 2.21. The van der Waals surface area contributed by atoms with Crippen molar-refractivity contribution in [1.82, 2.24) is 15.1 Å². The van der Waals surface area contributed by atoms with Crippen molar-refractivity contribution in [2.75, 3.05) is 12.4 Å². The number of sulfone groups is 1. The third-order valence-corrected chi connectivity index (χ3v) is 7.18. The fourth-order valence-corrected chi connectivity index (χ4v) is 3.84. The van der Waals surface area contributed by atoms with E-state index in [0.29, 0.717) is 17.8 Å². The summed E-state index contributed by atoms with van der Waals surface area (Å²) in [4.78, 5) is 13.8.